The Morgan fingerprint density at radius 3 is 2.71 bits per heavy atom. The van der Waals surface area contributed by atoms with Crippen molar-refractivity contribution in [2.24, 2.45) is 5.92 Å². The smallest absolute Gasteiger partial charge is 0.240 e. The van der Waals surface area contributed by atoms with Gasteiger partial charge in [-0.1, -0.05) is 6.92 Å². The first kappa shape index (κ1) is 16.3. The number of nitrogens with one attached hydrogen (secondary N) is 1. The van der Waals surface area contributed by atoms with Crippen LogP contribution in [0.25, 0.3) is 0 Å². The molecule has 21 heavy (non-hydrogen) atoms. The topological polar surface area (TPSA) is 75.4 Å². The Morgan fingerprint density at radius 2 is 2.10 bits per heavy atom. The average molecular weight is 311 g/mol. The number of hydrogen-bond acceptors (Lipinski definition) is 4. The Hall–Kier alpha value is -1.11. The molecule has 1 atom stereocenters. The molecule has 1 saturated heterocycles. The van der Waals surface area contributed by atoms with E-state index in [9.17, 15) is 8.42 Å². The van der Waals surface area contributed by atoms with Crippen LogP contribution in [0.4, 0.5) is 5.69 Å². The lowest BCUT2D eigenvalue weighted by atomic mass is 10.1. The van der Waals surface area contributed by atoms with Gasteiger partial charge in [0, 0.05) is 18.8 Å². The van der Waals surface area contributed by atoms with Crippen molar-refractivity contribution in [1.82, 2.24) is 9.62 Å². The number of anilines is 1. The standard InChI is InChI=1S/C15H25N3O2S/c1-4-18-6-5-13(10-18)9-17-21(19,20)15-8-11(2)7-14(16)12(15)3/h7-8,13,17H,4-6,9-10,16H2,1-3H3. The van der Waals surface area contributed by atoms with Crippen LogP contribution in [-0.2, 0) is 10.0 Å². The summed E-state index contributed by atoms with van der Waals surface area (Å²) in [5.41, 5.74) is 7.87. The van der Waals surface area contributed by atoms with Gasteiger partial charge in [-0.3, -0.25) is 0 Å². The van der Waals surface area contributed by atoms with Crippen LogP contribution in [0.5, 0.6) is 0 Å². The van der Waals surface area contributed by atoms with Crippen molar-refractivity contribution >= 4 is 15.7 Å². The van der Waals surface area contributed by atoms with E-state index in [2.05, 4.69) is 16.5 Å². The monoisotopic (exact) mass is 311 g/mol. The third kappa shape index (κ3) is 3.75. The maximum absolute atomic E-state index is 12.5. The highest BCUT2D eigenvalue weighted by molar-refractivity contribution is 7.89. The zero-order valence-corrected chi connectivity index (χ0v) is 13.8. The number of nitrogens with two attached hydrogens (primary N) is 1. The second-order valence-corrected chi connectivity index (χ2v) is 7.61. The number of benzene rings is 1. The lowest BCUT2D eigenvalue weighted by Gasteiger charge is -2.15. The first-order valence-electron chi connectivity index (χ1n) is 7.42. The largest absolute Gasteiger partial charge is 0.398 e. The van der Waals surface area contributed by atoms with Gasteiger partial charge in [-0.15, -0.1) is 0 Å². The molecular weight excluding hydrogens is 286 g/mol. The normalized spacial score (nSPS) is 20.0. The second kappa shape index (κ2) is 6.34. The fourth-order valence-electron chi connectivity index (χ4n) is 2.80. The highest BCUT2D eigenvalue weighted by Gasteiger charge is 2.24. The number of likely N-dealkylation sites (tertiary alicyclic amines) is 1. The molecule has 118 valence electrons. The Labute approximate surface area is 127 Å². The minimum Gasteiger partial charge on any atom is -0.398 e. The van der Waals surface area contributed by atoms with Crippen molar-refractivity contribution in [2.45, 2.75) is 32.1 Å². The van der Waals surface area contributed by atoms with Gasteiger partial charge in [0.2, 0.25) is 10.0 Å². The molecule has 3 N–H and O–H groups in total. The fourth-order valence-corrected chi connectivity index (χ4v) is 4.28. The molecular formula is C15H25N3O2S. The van der Waals surface area contributed by atoms with Crippen molar-refractivity contribution < 1.29 is 8.42 Å². The Morgan fingerprint density at radius 1 is 1.38 bits per heavy atom. The maximum atomic E-state index is 12.5. The number of hydrogen-bond donors (Lipinski definition) is 2. The number of nitrogens with zero attached hydrogens (tertiary/aromatic N) is 1. The summed E-state index contributed by atoms with van der Waals surface area (Å²) in [6, 6.07) is 3.48. The highest BCUT2D eigenvalue weighted by atomic mass is 32.2. The van der Waals surface area contributed by atoms with Gasteiger partial charge >= 0.3 is 0 Å². The van der Waals surface area contributed by atoms with Gasteiger partial charge in [0.15, 0.2) is 0 Å². The van der Waals surface area contributed by atoms with E-state index in [0.717, 1.165) is 31.6 Å². The van der Waals surface area contributed by atoms with E-state index in [1.165, 1.54) is 0 Å². The summed E-state index contributed by atoms with van der Waals surface area (Å²) in [5.74, 6) is 0.391. The van der Waals surface area contributed by atoms with Crippen LogP contribution in [0.15, 0.2) is 17.0 Å². The summed E-state index contributed by atoms with van der Waals surface area (Å²) in [6.07, 6.45) is 1.05. The summed E-state index contributed by atoms with van der Waals surface area (Å²) in [6.45, 7) is 9.27. The van der Waals surface area contributed by atoms with E-state index < -0.39 is 10.0 Å². The second-order valence-electron chi connectivity index (χ2n) is 5.88. The molecule has 1 aromatic carbocycles. The van der Waals surface area contributed by atoms with E-state index in [0.29, 0.717) is 28.6 Å². The highest BCUT2D eigenvalue weighted by Crippen LogP contribution is 2.23. The third-order valence-electron chi connectivity index (χ3n) is 4.21. The molecule has 1 fully saturated rings. The average Bonchev–Trinajstić information content (AvgIpc) is 2.88. The summed E-state index contributed by atoms with van der Waals surface area (Å²) < 4.78 is 27.7. The Kier molecular flexibility index (Phi) is 4.91. The molecule has 1 heterocycles. The van der Waals surface area contributed by atoms with Gasteiger partial charge in [-0.2, -0.15) is 0 Å². The predicted octanol–water partition coefficient (Wildman–Crippen LogP) is 1.51. The molecule has 1 aliphatic rings. The van der Waals surface area contributed by atoms with Crippen molar-refractivity contribution in [3.63, 3.8) is 0 Å². The third-order valence-corrected chi connectivity index (χ3v) is 5.76. The molecule has 0 saturated carbocycles. The SMILES string of the molecule is CCN1CCC(CNS(=O)(=O)c2cc(C)cc(N)c2C)C1. The molecule has 6 heteroatoms. The van der Waals surface area contributed by atoms with E-state index >= 15 is 0 Å². The van der Waals surface area contributed by atoms with Gasteiger partial charge in [0.25, 0.3) is 0 Å². The van der Waals surface area contributed by atoms with E-state index in [1.807, 2.05) is 6.92 Å². The molecule has 2 rings (SSSR count). The lowest BCUT2D eigenvalue weighted by molar-refractivity contribution is 0.342. The molecule has 5 nitrogen and oxygen atoms in total. The Balaban J connectivity index is 2.09. The zero-order chi connectivity index (χ0) is 15.6. The van der Waals surface area contributed by atoms with E-state index in [1.54, 1.807) is 19.1 Å². The minimum absolute atomic E-state index is 0.297. The van der Waals surface area contributed by atoms with Crippen molar-refractivity contribution in [3.8, 4) is 0 Å². The van der Waals surface area contributed by atoms with Gasteiger partial charge in [-0.25, -0.2) is 13.1 Å². The van der Waals surface area contributed by atoms with Crippen LogP contribution in [0.1, 0.15) is 24.5 Å². The van der Waals surface area contributed by atoms with Gasteiger partial charge in [0.1, 0.15) is 0 Å². The van der Waals surface area contributed by atoms with Gasteiger partial charge in [0.05, 0.1) is 4.90 Å². The molecule has 0 aromatic heterocycles. The summed E-state index contributed by atoms with van der Waals surface area (Å²) in [7, 11) is -3.50. The molecule has 1 aliphatic heterocycles. The molecule has 0 spiro atoms. The molecule has 0 aliphatic carbocycles. The fraction of sp³-hybridized carbons (Fsp3) is 0.600. The first-order valence-corrected chi connectivity index (χ1v) is 8.90. The van der Waals surface area contributed by atoms with E-state index in [4.69, 9.17) is 5.73 Å². The van der Waals surface area contributed by atoms with Crippen LogP contribution in [-0.4, -0.2) is 39.5 Å². The predicted molar refractivity (Wildman–Crippen MR) is 85.7 cm³/mol. The Bertz CT molecular complexity index is 614. The van der Waals surface area contributed by atoms with Crippen LogP contribution in [0.2, 0.25) is 0 Å². The first-order chi connectivity index (χ1) is 9.83. The molecule has 1 unspecified atom stereocenters. The molecule has 0 bridgehead atoms. The number of rotatable bonds is 5. The molecule has 0 radical (unpaired) electrons. The van der Waals surface area contributed by atoms with Crippen LogP contribution in [0, 0.1) is 19.8 Å². The van der Waals surface area contributed by atoms with Gasteiger partial charge in [-0.05, 0) is 62.5 Å². The number of sulfonamides is 1. The van der Waals surface area contributed by atoms with Crippen molar-refractivity contribution in [3.05, 3.63) is 23.3 Å². The minimum atomic E-state index is -3.50. The summed E-state index contributed by atoms with van der Waals surface area (Å²) in [4.78, 5) is 2.64. The number of nitrogen functional groups attached to an aromatic ring is 1. The van der Waals surface area contributed by atoms with Crippen LogP contribution in [0.3, 0.4) is 0 Å². The quantitative estimate of drug-likeness (QED) is 0.808. The van der Waals surface area contributed by atoms with Crippen LogP contribution >= 0.6 is 0 Å². The van der Waals surface area contributed by atoms with Crippen molar-refractivity contribution in [2.75, 3.05) is 31.9 Å². The van der Waals surface area contributed by atoms with Crippen molar-refractivity contribution in [1.29, 1.82) is 0 Å². The van der Waals surface area contributed by atoms with E-state index in [-0.39, 0.29) is 0 Å². The maximum Gasteiger partial charge on any atom is 0.240 e. The summed E-state index contributed by atoms with van der Waals surface area (Å²) in [5, 5.41) is 0. The summed E-state index contributed by atoms with van der Waals surface area (Å²) >= 11 is 0. The molecule has 0 amide bonds. The van der Waals surface area contributed by atoms with Gasteiger partial charge < -0.3 is 10.6 Å². The zero-order valence-electron chi connectivity index (χ0n) is 13.0. The molecule has 1 aromatic rings. The van der Waals surface area contributed by atoms with Crippen LogP contribution < -0.4 is 10.5 Å². The lowest BCUT2D eigenvalue weighted by Crippen LogP contribution is -2.31. The number of aryl methyl sites for hydroxylation is 1.